The lowest BCUT2D eigenvalue weighted by atomic mass is 9.96. The first-order valence-electron chi connectivity index (χ1n) is 8.38. The van der Waals surface area contributed by atoms with Crippen LogP contribution in [-0.4, -0.2) is 34.5 Å². The molecule has 0 saturated heterocycles. The Labute approximate surface area is 175 Å². The molecule has 0 aromatic heterocycles. The van der Waals surface area contributed by atoms with Gasteiger partial charge in [-0.1, -0.05) is 29.3 Å². The summed E-state index contributed by atoms with van der Waals surface area (Å²) in [5.74, 6) is -2.73. The van der Waals surface area contributed by atoms with Gasteiger partial charge in [-0.3, -0.25) is 14.5 Å². The minimum Gasteiger partial charge on any atom is -0.503 e. The van der Waals surface area contributed by atoms with Crippen molar-refractivity contribution in [3.8, 4) is 5.75 Å². The number of carboxylic acid groups (broad SMARTS) is 1. The highest BCUT2D eigenvalue weighted by Crippen LogP contribution is 2.43. The van der Waals surface area contributed by atoms with Crippen LogP contribution in [0.3, 0.4) is 0 Å². The second-order valence-corrected chi connectivity index (χ2v) is 7.08. The molecule has 0 spiro atoms. The number of carbonyl (C=O) groups excluding carboxylic acids is 2. The Morgan fingerprint density at radius 1 is 1.14 bits per heavy atom. The molecular formula is C20H15Cl2NO6. The predicted molar refractivity (Wildman–Crippen MR) is 107 cm³/mol. The van der Waals surface area contributed by atoms with Crippen molar-refractivity contribution in [1.82, 2.24) is 0 Å². The lowest BCUT2D eigenvalue weighted by Gasteiger charge is -2.27. The number of halogens is 2. The summed E-state index contributed by atoms with van der Waals surface area (Å²) in [4.78, 5) is 36.8. The molecule has 0 radical (unpaired) electrons. The molecule has 0 aliphatic carbocycles. The zero-order chi connectivity index (χ0) is 21.3. The molecule has 150 valence electrons. The van der Waals surface area contributed by atoms with Crippen molar-refractivity contribution >= 4 is 46.5 Å². The summed E-state index contributed by atoms with van der Waals surface area (Å²) in [7, 11) is 0. The molecule has 29 heavy (non-hydrogen) atoms. The van der Waals surface area contributed by atoms with Crippen molar-refractivity contribution in [2.75, 3.05) is 11.5 Å². The number of aliphatic hydroxyl groups is 1. The topological polar surface area (TPSA) is 104 Å². The quantitative estimate of drug-likeness (QED) is 0.711. The van der Waals surface area contributed by atoms with Crippen LogP contribution in [0.5, 0.6) is 5.75 Å². The number of carboxylic acids is 1. The van der Waals surface area contributed by atoms with Crippen LogP contribution in [0.2, 0.25) is 10.0 Å². The van der Waals surface area contributed by atoms with Gasteiger partial charge in [-0.2, -0.15) is 0 Å². The zero-order valence-electron chi connectivity index (χ0n) is 15.1. The molecule has 0 saturated carbocycles. The van der Waals surface area contributed by atoms with E-state index in [0.29, 0.717) is 16.3 Å². The lowest BCUT2D eigenvalue weighted by molar-refractivity contribution is -0.139. The SMILES string of the molecule is CC(=O)C1=C(O)C(=O)N(c2ccc(OCC(=O)O)cc2)[C@@H]1c1ccc(Cl)cc1Cl. The number of nitrogens with zero attached hydrogens (tertiary/aromatic N) is 1. The number of anilines is 1. The molecular weight excluding hydrogens is 421 g/mol. The molecule has 1 heterocycles. The molecule has 1 aliphatic heterocycles. The van der Waals surface area contributed by atoms with E-state index < -0.39 is 36.1 Å². The number of aliphatic hydroxyl groups excluding tert-OH is 1. The maximum Gasteiger partial charge on any atom is 0.341 e. The van der Waals surface area contributed by atoms with Crippen LogP contribution in [0.15, 0.2) is 53.8 Å². The van der Waals surface area contributed by atoms with E-state index in [4.69, 9.17) is 33.0 Å². The predicted octanol–water partition coefficient (Wildman–Crippen LogP) is 3.95. The molecule has 2 N–H and O–H groups in total. The fourth-order valence-electron chi connectivity index (χ4n) is 3.10. The minimum atomic E-state index is -1.12. The van der Waals surface area contributed by atoms with Gasteiger partial charge in [0.05, 0.1) is 11.6 Å². The highest BCUT2D eigenvalue weighted by Gasteiger charge is 2.44. The standard InChI is InChI=1S/C20H15Cl2NO6/c1-10(24)17-18(14-7-2-11(21)8-15(14)22)23(20(28)19(17)27)12-3-5-13(6-4-12)29-9-16(25)26/h2-8,18,27H,9H2,1H3,(H,25,26)/t18-/m1/s1. The maximum absolute atomic E-state index is 12.8. The van der Waals surface area contributed by atoms with E-state index >= 15 is 0 Å². The summed E-state index contributed by atoms with van der Waals surface area (Å²) >= 11 is 12.3. The van der Waals surface area contributed by atoms with Gasteiger partial charge in [-0.25, -0.2) is 4.79 Å². The normalized spacial score (nSPS) is 16.3. The monoisotopic (exact) mass is 435 g/mol. The van der Waals surface area contributed by atoms with Crippen molar-refractivity contribution in [3.63, 3.8) is 0 Å². The Hall–Kier alpha value is -3.03. The molecule has 1 amide bonds. The summed E-state index contributed by atoms with van der Waals surface area (Å²) in [6, 6.07) is 9.68. The van der Waals surface area contributed by atoms with Gasteiger partial charge in [0.25, 0.3) is 5.91 Å². The third-order valence-electron chi connectivity index (χ3n) is 4.32. The summed E-state index contributed by atoms with van der Waals surface area (Å²) in [5, 5.41) is 19.6. The Morgan fingerprint density at radius 3 is 2.34 bits per heavy atom. The van der Waals surface area contributed by atoms with E-state index in [1.54, 1.807) is 12.1 Å². The van der Waals surface area contributed by atoms with Gasteiger partial charge in [0.2, 0.25) is 0 Å². The number of aliphatic carboxylic acids is 1. The van der Waals surface area contributed by atoms with Crippen LogP contribution >= 0.6 is 23.2 Å². The second-order valence-electron chi connectivity index (χ2n) is 6.24. The fourth-order valence-corrected chi connectivity index (χ4v) is 3.61. The molecule has 7 nitrogen and oxygen atoms in total. The molecule has 2 aromatic carbocycles. The van der Waals surface area contributed by atoms with Crippen molar-refractivity contribution in [2.24, 2.45) is 0 Å². The van der Waals surface area contributed by atoms with Crippen LogP contribution in [0.1, 0.15) is 18.5 Å². The van der Waals surface area contributed by atoms with E-state index in [2.05, 4.69) is 0 Å². The maximum atomic E-state index is 12.8. The lowest BCUT2D eigenvalue weighted by Crippen LogP contribution is -2.31. The largest absolute Gasteiger partial charge is 0.503 e. The van der Waals surface area contributed by atoms with Crippen LogP contribution in [-0.2, 0) is 14.4 Å². The van der Waals surface area contributed by atoms with Gasteiger partial charge >= 0.3 is 5.97 Å². The second kappa shape index (κ2) is 8.14. The molecule has 2 aromatic rings. The number of hydrogen-bond acceptors (Lipinski definition) is 5. The van der Waals surface area contributed by atoms with E-state index in [0.717, 1.165) is 0 Å². The number of hydrogen-bond donors (Lipinski definition) is 2. The van der Waals surface area contributed by atoms with Crippen LogP contribution in [0, 0.1) is 0 Å². The number of amides is 1. The van der Waals surface area contributed by atoms with E-state index in [1.807, 2.05) is 0 Å². The Kier molecular flexibility index (Phi) is 5.81. The van der Waals surface area contributed by atoms with Gasteiger partial charge in [-0.05, 0) is 48.9 Å². The minimum absolute atomic E-state index is 0.0783. The van der Waals surface area contributed by atoms with Crippen LogP contribution in [0.25, 0.3) is 0 Å². The first kappa shape index (κ1) is 20.7. The van der Waals surface area contributed by atoms with Crippen LogP contribution < -0.4 is 9.64 Å². The summed E-state index contributed by atoms with van der Waals surface area (Å²) in [6.07, 6.45) is 0. The van der Waals surface area contributed by atoms with Crippen molar-refractivity contribution in [1.29, 1.82) is 0 Å². The van der Waals surface area contributed by atoms with E-state index in [9.17, 15) is 19.5 Å². The molecule has 9 heteroatoms. The van der Waals surface area contributed by atoms with Gasteiger partial charge in [-0.15, -0.1) is 0 Å². The van der Waals surface area contributed by atoms with Crippen molar-refractivity contribution < 1.29 is 29.3 Å². The third kappa shape index (κ3) is 4.06. The average Bonchev–Trinajstić information content (AvgIpc) is 2.91. The summed E-state index contributed by atoms with van der Waals surface area (Å²) in [5.41, 5.74) is 0.701. The third-order valence-corrected chi connectivity index (χ3v) is 4.88. The Morgan fingerprint density at radius 2 is 1.79 bits per heavy atom. The van der Waals surface area contributed by atoms with E-state index in [-0.39, 0.29) is 16.3 Å². The van der Waals surface area contributed by atoms with E-state index in [1.165, 1.54) is 42.2 Å². The summed E-state index contributed by atoms with van der Waals surface area (Å²) < 4.78 is 5.08. The van der Waals surface area contributed by atoms with Crippen molar-refractivity contribution in [2.45, 2.75) is 13.0 Å². The Balaban J connectivity index is 2.05. The molecule has 0 bridgehead atoms. The molecule has 0 fully saturated rings. The number of ether oxygens (including phenoxy) is 1. The number of rotatable bonds is 6. The fraction of sp³-hybridized carbons (Fsp3) is 0.150. The number of ketones is 1. The summed E-state index contributed by atoms with van der Waals surface area (Å²) in [6.45, 7) is 0.740. The van der Waals surface area contributed by atoms with Gasteiger partial charge in [0.1, 0.15) is 5.75 Å². The van der Waals surface area contributed by atoms with Gasteiger partial charge in [0, 0.05) is 15.7 Å². The van der Waals surface area contributed by atoms with Gasteiger partial charge in [0.15, 0.2) is 18.1 Å². The highest BCUT2D eigenvalue weighted by molar-refractivity contribution is 6.35. The highest BCUT2D eigenvalue weighted by atomic mass is 35.5. The van der Waals surface area contributed by atoms with Crippen LogP contribution in [0.4, 0.5) is 5.69 Å². The zero-order valence-corrected chi connectivity index (χ0v) is 16.6. The molecule has 1 atom stereocenters. The first-order valence-corrected chi connectivity index (χ1v) is 9.13. The number of carbonyl (C=O) groups is 3. The van der Waals surface area contributed by atoms with Crippen molar-refractivity contribution in [3.05, 3.63) is 69.4 Å². The molecule has 1 aliphatic rings. The number of benzene rings is 2. The smallest absolute Gasteiger partial charge is 0.341 e. The average molecular weight is 436 g/mol. The van der Waals surface area contributed by atoms with Gasteiger partial charge < -0.3 is 14.9 Å². The Bertz CT molecular complexity index is 1030. The first-order chi connectivity index (χ1) is 13.7. The molecule has 3 rings (SSSR count). The number of Topliss-reactive ketones (excluding diaryl/α,β-unsaturated/α-hetero) is 1. The molecule has 0 unspecified atom stereocenters.